The highest BCUT2D eigenvalue weighted by molar-refractivity contribution is 5.92. The van der Waals surface area contributed by atoms with Gasteiger partial charge in [-0.1, -0.05) is 54.6 Å². The number of carbonyl (C=O) groups is 1. The Bertz CT molecular complexity index is 1470. The number of rotatable bonds is 8. The van der Waals surface area contributed by atoms with Crippen LogP contribution < -0.4 is 5.32 Å². The van der Waals surface area contributed by atoms with Crippen molar-refractivity contribution in [2.24, 2.45) is 0 Å². The molecular weight excluding hydrogens is 452 g/mol. The molecule has 0 unspecified atom stereocenters. The van der Waals surface area contributed by atoms with E-state index in [0.717, 1.165) is 50.1 Å². The first-order valence-electron chi connectivity index (χ1n) is 11.5. The van der Waals surface area contributed by atoms with E-state index in [0.29, 0.717) is 13.2 Å². The second kappa shape index (κ2) is 10.8. The molecule has 0 aliphatic rings. The number of nitrogens with zero attached hydrogens (tertiary/aromatic N) is 3. The molecule has 0 atom stereocenters. The number of hydrogen-bond donors (Lipinski definition) is 2. The van der Waals surface area contributed by atoms with Crippen LogP contribution in [0, 0.1) is 0 Å². The van der Waals surface area contributed by atoms with E-state index < -0.39 is 6.09 Å². The summed E-state index contributed by atoms with van der Waals surface area (Å²) in [6.45, 7) is 1.09. The molecule has 0 bridgehead atoms. The van der Waals surface area contributed by atoms with Crippen molar-refractivity contribution in [3.63, 3.8) is 0 Å². The summed E-state index contributed by atoms with van der Waals surface area (Å²) in [5.41, 5.74) is 7.42. The van der Waals surface area contributed by atoms with E-state index in [1.807, 2.05) is 60.7 Å². The largest absolute Gasteiger partial charge is 0.465 e. The highest BCUT2D eigenvalue weighted by Gasteiger charge is 2.14. The van der Waals surface area contributed by atoms with Crippen molar-refractivity contribution < 1.29 is 14.6 Å². The quantitative estimate of drug-likeness (QED) is 0.292. The molecule has 0 saturated heterocycles. The van der Waals surface area contributed by atoms with Gasteiger partial charge < -0.3 is 15.2 Å². The van der Waals surface area contributed by atoms with Crippen molar-refractivity contribution >= 4 is 17.0 Å². The van der Waals surface area contributed by atoms with Crippen LogP contribution in [0.5, 0.6) is 0 Å². The second-order valence-electron chi connectivity index (χ2n) is 8.28. The fourth-order valence-electron chi connectivity index (χ4n) is 4.03. The molecule has 5 aromatic rings. The van der Waals surface area contributed by atoms with Crippen molar-refractivity contribution in [1.29, 1.82) is 0 Å². The van der Waals surface area contributed by atoms with Crippen LogP contribution in [-0.4, -0.2) is 26.2 Å². The van der Waals surface area contributed by atoms with Gasteiger partial charge in [-0.15, -0.1) is 0 Å². The fourth-order valence-corrected chi connectivity index (χ4v) is 4.03. The van der Waals surface area contributed by atoms with Crippen LogP contribution in [0.15, 0.2) is 97.5 Å². The molecule has 0 aliphatic carbocycles. The Morgan fingerprint density at radius 2 is 1.61 bits per heavy atom. The highest BCUT2D eigenvalue weighted by atomic mass is 16.5. The summed E-state index contributed by atoms with van der Waals surface area (Å²) < 4.78 is 5.96. The minimum absolute atomic E-state index is 0.251. The minimum Gasteiger partial charge on any atom is -0.465 e. The third kappa shape index (κ3) is 5.37. The number of carboxylic acid groups (broad SMARTS) is 1. The lowest BCUT2D eigenvalue weighted by Crippen LogP contribution is -2.19. The average molecular weight is 477 g/mol. The number of nitrogens with one attached hydrogen (secondary N) is 1. The van der Waals surface area contributed by atoms with E-state index in [9.17, 15) is 4.79 Å². The molecule has 178 valence electrons. The Morgan fingerprint density at radius 3 is 2.36 bits per heavy atom. The molecule has 0 saturated carbocycles. The highest BCUT2D eigenvalue weighted by Crippen LogP contribution is 2.34. The van der Waals surface area contributed by atoms with Gasteiger partial charge >= 0.3 is 6.09 Å². The Hall–Kier alpha value is -4.62. The lowest BCUT2D eigenvalue weighted by Gasteiger charge is -2.14. The van der Waals surface area contributed by atoms with Gasteiger partial charge in [-0.3, -0.25) is 9.97 Å². The van der Waals surface area contributed by atoms with Crippen molar-refractivity contribution in [2.75, 3.05) is 0 Å². The molecule has 36 heavy (non-hydrogen) atoms. The van der Waals surface area contributed by atoms with Gasteiger partial charge in [0.1, 0.15) is 0 Å². The fraction of sp³-hybridized carbons (Fsp3) is 0.103. The summed E-state index contributed by atoms with van der Waals surface area (Å²) in [4.78, 5) is 24.5. The summed E-state index contributed by atoms with van der Waals surface area (Å²) in [5, 5.41) is 12.2. The maximum absolute atomic E-state index is 10.8. The average Bonchev–Trinajstić information content (AvgIpc) is 2.93. The number of benzene rings is 2. The SMILES string of the molecule is O=C(O)NCc1ccc(-c2nc3ccnc(COCc4ccncc4)c3cc2-c2ccccc2)cc1. The van der Waals surface area contributed by atoms with Gasteiger partial charge in [0.15, 0.2) is 0 Å². The minimum atomic E-state index is -1.05. The molecule has 5 rings (SSSR count). The summed E-state index contributed by atoms with van der Waals surface area (Å²) in [6, 6.07) is 25.8. The molecule has 0 radical (unpaired) electrons. The lowest BCUT2D eigenvalue weighted by atomic mass is 9.96. The van der Waals surface area contributed by atoms with Gasteiger partial charge in [-0.05, 0) is 41.0 Å². The molecule has 3 heterocycles. The molecule has 7 heteroatoms. The molecule has 0 aliphatic heterocycles. The maximum atomic E-state index is 10.8. The van der Waals surface area contributed by atoms with E-state index in [2.05, 4.69) is 33.5 Å². The van der Waals surface area contributed by atoms with Crippen LogP contribution in [-0.2, 0) is 24.5 Å². The summed E-state index contributed by atoms with van der Waals surface area (Å²) in [7, 11) is 0. The van der Waals surface area contributed by atoms with Gasteiger partial charge in [0, 0.05) is 41.6 Å². The molecule has 7 nitrogen and oxygen atoms in total. The van der Waals surface area contributed by atoms with Crippen molar-refractivity contribution in [3.05, 3.63) is 114 Å². The zero-order valence-corrected chi connectivity index (χ0v) is 19.5. The Balaban J connectivity index is 1.51. The van der Waals surface area contributed by atoms with Crippen LogP contribution in [0.2, 0.25) is 0 Å². The first-order chi connectivity index (χ1) is 17.7. The monoisotopic (exact) mass is 476 g/mol. The first kappa shape index (κ1) is 23.1. The first-order valence-corrected chi connectivity index (χ1v) is 11.5. The lowest BCUT2D eigenvalue weighted by molar-refractivity contribution is 0.105. The van der Waals surface area contributed by atoms with Gasteiger partial charge in [0.25, 0.3) is 0 Å². The van der Waals surface area contributed by atoms with Crippen LogP contribution >= 0.6 is 0 Å². The summed E-state index contributed by atoms with van der Waals surface area (Å²) in [6.07, 6.45) is 4.21. The van der Waals surface area contributed by atoms with Gasteiger partial charge in [0.2, 0.25) is 0 Å². The standard InChI is InChI=1S/C29H24N4O3/c34-29(35)32-17-20-6-8-23(9-7-20)28-24(22-4-2-1-3-5-22)16-25-26(33-28)12-15-31-27(25)19-36-18-21-10-13-30-14-11-21/h1-16,32H,17-19H2,(H,34,35). The zero-order valence-electron chi connectivity index (χ0n) is 19.5. The van der Waals surface area contributed by atoms with E-state index >= 15 is 0 Å². The van der Waals surface area contributed by atoms with Gasteiger partial charge in [0.05, 0.1) is 30.1 Å². The third-order valence-corrected chi connectivity index (χ3v) is 5.84. The number of amides is 1. The van der Waals surface area contributed by atoms with Crippen LogP contribution in [0.3, 0.4) is 0 Å². The van der Waals surface area contributed by atoms with Crippen molar-refractivity contribution in [1.82, 2.24) is 20.3 Å². The Morgan fingerprint density at radius 1 is 0.833 bits per heavy atom. The predicted molar refractivity (Wildman–Crippen MR) is 138 cm³/mol. The summed E-state index contributed by atoms with van der Waals surface area (Å²) in [5.74, 6) is 0. The second-order valence-corrected chi connectivity index (χ2v) is 8.28. The van der Waals surface area contributed by atoms with E-state index in [-0.39, 0.29) is 6.54 Å². The number of hydrogen-bond acceptors (Lipinski definition) is 5. The number of fused-ring (bicyclic) bond motifs is 1. The molecule has 3 aromatic heterocycles. The number of aromatic nitrogens is 3. The molecule has 2 aromatic carbocycles. The molecule has 2 N–H and O–H groups in total. The Kier molecular flexibility index (Phi) is 6.91. The van der Waals surface area contributed by atoms with E-state index in [1.54, 1.807) is 18.6 Å². The third-order valence-electron chi connectivity index (χ3n) is 5.84. The Labute approximate surface area is 208 Å². The maximum Gasteiger partial charge on any atom is 0.404 e. The number of ether oxygens (including phenoxy) is 1. The smallest absolute Gasteiger partial charge is 0.404 e. The molecule has 0 fully saturated rings. The summed E-state index contributed by atoms with van der Waals surface area (Å²) >= 11 is 0. The zero-order chi connectivity index (χ0) is 24.7. The van der Waals surface area contributed by atoms with Crippen molar-refractivity contribution in [2.45, 2.75) is 19.8 Å². The molecule has 0 spiro atoms. The van der Waals surface area contributed by atoms with Gasteiger partial charge in [-0.2, -0.15) is 0 Å². The van der Waals surface area contributed by atoms with E-state index in [4.69, 9.17) is 14.8 Å². The molecular formula is C29H24N4O3. The topological polar surface area (TPSA) is 97.2 Å². The predicted octanol–water partition coefficient (Wildman–Crippen LogP) is 5.84. The van der Waals surface area contributed by atoms with Crippen LogP contribution in [0.4, 0.5) is 4.79 Å². The van der Waals surface area contributed by atoms with Crippen LogP contribution in [0.25, 0.3) is 33.3 Å². The van der Waals surface area contributed by atoms with Gasteiger partial charge in [-0.25, -0.2) is 9.78 Å². The normalized spacial score (nSPS) is 10.9. The van der Waals surface area contributed by atoms with E-state index in [1.165, 1.54) is 0 Å². The van der Waals surface area contributed by atoms with Crippen molar-refractivity contribution in [3.8, 4) is 22.4 Å². The molecule has 1 amide bonds. The van der Waals surface area contributed by atoms with Crippen LogP contribution in [0.1, 0.15) is 16.8 Å². The number of pyridine rings is 3.